The second-order valence-electron chi connectivity index (χ2n) is 5.14. The van der Waals surface area contributed by atoms with E-state index in [1.807, 2.05) is 6.92 Å². The van der Waals surface area contributed by atoms with E-state index >= 15 is 0 Å². The van der Waals surface area contributed by atoms with Gasteiger partial charge in [-0.05, 0) is 39.9 Å². The van der Waals surface area contributed by atoms with E-state index in [0.717, 1.165) is 31.2 Å². The molecule has 0 amide bonds. The molecule has 5 heteroatoms. The highest BCUT2D eigenvalue weighted by Gasteiger charge is 2.12. The molecule has 2 rings (SSSR count). The van der Waals surface area contributed by atoms with E-state index in [9.17, 15) is 0 Å². The predicted octanol–water partition coefficient (Wildman–Crippen LogP) is 0.895. The third-order valence-electron chi connectivity index (χ3n) is 3.33. The quantitative estimate of drug-likeness (QED) is 0.840. The lowest BCUT2D eigenvalue weighted by Gasteiger charge is -2.20. The fourth-order valence-electron chi connectivity index (χ4n) is 2.37. The van der Waals surface area contributed by atoms with Gasteiger partial charge in [-0.25, -0.2) is 9.97 Å². The summed E-state index contributed by atoms with van der Waals surface area (Å²) in [6.45, 7) is 7.41. The van der Waals surface area contributed by atoms with Gasteiger partial charge in [-0.1, -0.05) is 0 Å². The highest BCUT2D eigenvalue weighted by atomic mass is 15.2. The monoisotopic (exact) mass is 249 g/mol. The van der Waals surface area contributed by atoms with E-state index in [4.69, 9.17) is 5.73 Å². The maximum absolute atomic E-state index is 5.73. The molecule has 1 aliphatic rings. The Bertz CT molecular complexity index is 367. The van der Waals surface area contributed by atoms with Crippen LogP contribution in [0.5, 0.6) is 0 Å². The van der Waals surface area contributed by atoms with Crippen LogP contribution in [-0.4, -0.2) is 53.0 Å². The van der Waals surface area contributed by atoms with Gasteiger partial charge in [-0.15, -0.1) is 0 Å². The summed E-state index contributed by atoms with van der Waals surface area (Å²) in [6, 6.07) is 1.80. The van der Waals surface area contributed by atoms with Gasteiger partial charge >= 0.3 is 0 Å². The summed E-state index contributed by atoms with van der Waals surface area (Å²) < 4.78 is 0. The molecular weight excluding hydrogens is 226 g/mol. The van der Waals surface area contributed by atoms with Gasteiger partial charge in [0.2, 0.25) is 0 Å². The number of likely N-dealkylation sites (N-methyl/N-ethyl adjacent to an activating group) is 1. The zero-order valence-corrected chi connectivity index (χ0v) is 11.4. The van der Waals surface area contributed by atoms with E-state index in [0.29, 0.717) is 5.82 Å². The molecule has 0 radical (unpaired) electrons. The van der Waals surface area contributed by atoms with Crippen molar-refractivity contribution < 1.29 is 0 Å². The minimum Gasteiger partial charge on any atom is -0.384 e. The average Bonchev–Trinajstić information content (AvgIpc) is 2.77. The summed E-state index contributed by atoms with van der Waals surface area (Å²) in [4.78, 5) is 13.4. The molecule has 0 aliphatic carbocycles. The number of nitrogens with two attached hydrogens (primary N) is 1. The van der Waals surface area contributed by atoms with Crippen molar-refractivity contribution in [1.29, 1.82) is 0 Å². The van der Waals surface area contributed by atoms with E-state index in [-0.39, 0.29) is 0 Å². The number of hydrogen-bond acceptors (Lipinski definition) is 5. The molecule has 1 aromatic heterocycles. The number of aromatic nitrogens is 2. The predicted molar refractivity (Wildman–Crippen MR) is 73.2 cm³/mol. The number of hydrogen-bond donors (Lipinski definition) is 1. The standard InChI is InChI=1S/C13H23N5/c1-11-9-12(14)16-13(15-11)10-17(2)7-8-18-5-3-4-6-18/h9H,3-8,10H2,1-2H3,(H2,14,15,16). The number of likely N-dealkylation sites (tertiary alicyclic amines) is 1. The molecule has 2 N–H and O–H groups in total. The van der Waals surface area contributed by atoms with Crippen LogP contribution in [0.15, 0.2) is 6.07 Å². The van der Waals surface area contributed by atoms with Crippen LogP contribution in [0.2, 0.25) is 0 Å². The molecule has 0 aromatic carbocycles. The first-order valence-electron chi connectivity index (χ1n) is 6.64. The summed E-state index contributed by atoms with van der Waals surface area (Å²) >= 11 is 0. The molecule has 0 bridgehead atoms. The Kier molecular flexibility index (Phi) is 4.49. The fourth-order valence-corrected chi connectivity index (χ4v) is 2.37. The minimum atomic E-state index is 0.561. The van der Waals surface area contributed by atoms with Gasteiger partial charge < -0.3 is 10.6 Å². The van der Waals surface area contributed by atoms with Crippen molar-refractivity contribution in [2.45, 2.75) is 26.3 Å². The third kappa shape index (κ3) is 3.92. The number of rotatable bonds is 5. The number of nitrogen functional groups attached to an aromatic ring is 1. The highest BCUT2D eigenvalue weighted by Crippen LogP contribution is 2.07. The van der Waals surface area contributed by atoms with Gasteiger partial charge in [0.1, 0.15) is 11.6 Å². The Morgan fingerprint density at radius 1 is 1.33 bits per heavy atom. The summed E-state index contributed by atoms with van der Waals surface area (Å²) in [7, 11) is 2.11. The first-order valence-corrected chi connectivity index (χ1v) is 6.64. The lowest BCUT2D eigenvalue weighted by atomic mass is 10.4. The van der Waals surface area contributed by atoms with Crippen molar-refractivity contribution in [3.05, 3.63) is 17.6 Å². The molecule has 0 saturated carbocycles. The molecule has 1 aromatic rings. The van der Waals surface area contributed by atoms with Crippen LogP contribution in [0.3, 0.4) is 0 Å². The topological polar surface area (TPSA) is 58.3 Å². The van der Waals surface area contributed by atoms with Gasteiger partial charge in [0.15, 0.2) is 0 Å². The zero-order valence-electron chi connectivity index (χ0n) is 11.4. The second kappa shape index (κ2) is 6.11. The van der Waals surface area contributed by atoms with Crippen LogP contribution in [0.1, 0.15) is 24.4 Å². The van der Waals surface area contributed by atoms with Crippen molar-refractivity contribution in [3.63, 3.8) is 0 Å². The molecule has 0 unspecified atom stereocenters. The van der Waals surface area contributed by atoms with Crippen LogP contribution in [0.4, 0.5) is 5.82 Å². The smallest absolute Gasteiger partial charge is 0.144 e. The Hall–Kier alpha value is -1.20. The third-order valence-corrected chi connectivity index (χ3v) is 3.33. The summed E-state index contributed by atoms with van der Waals surface area (Å²) in [5, 5.41) is 0. The summed E-state index contributed by atoms with van der Waals surface area (Å²) in [5.41, 5.74) is 6.67. The second-order valence-corrected chi connectivity index (χ2v) is 5.14. The molecule has 100 valence electrons. The van der Waals surface area contributed by atoms with Gasteiger partial charge in [-0.2, -0.15) is 0 Å². The maximum atomic E-state index is 5.73. The van der Waals surface area contributed by atoms with Crippen LogP contribution < -0.4 is 5.73 Å². The Morgan fingerprint density at radius 2 is 2.06 bits per heavy atom. The molecule has 5 nitrogen and oxygen atoms in total. The Balaban J connectivity index is 1.80. The summed E-state index contributed by atoms with van der Waals surface area (Å²) in [6.07, 6.45) is 2.70. The van der Waals surface area contributed by atoms with Crippen LogP contribution in [0, 0.1) is 6.92 Å². The van der Waals surface area contributed by atoms with Gasteiger partial charge in [0, 0.05) is 24.8 Å². The molecule has 1 saturated heterocycles. The van der Waals surface area contributed by atoms with Crippen LogP contribution in [0.25, 0.3) is 0 Å². The molecule has 18 heavy (non-hydrogen) atoms. The fraction of sp³-hybridized carbons (Fsp3) is 0.692. The Labute approximate surface area is 109 Å². The van der Waals surface area contributed by atoms with E-state index < -0.39 is 0 Å². The average molecular weight is 249 g/mol. The van der Waals surface area contributed by atoms with Gasteiger partial charge in [0.25, 0.3) is 0 Å². The van der Waals surface area contributed by atoms with Crippen LogP contribution in [-0.2, 0) is 6.54 Å². The van der Waals surface area contributed by atoms with E-state index in [1.54, 1.807) is 6.07 Å². The first kappa shape index (κ1) is 13.2. The molecule has 1 fully saturated rings. The lowest BCUT2D eigenvalue weighted by Crippen LogP contribution is -2.31. The van der Waals surface area contributed by atoms with Crippen molar-refractivity contribution in [3.8, 4) is 0 Å². The van der Waals surface area contributed by atoms with Crippen molar-refractivity contribution in [2.24, 2.45) is 0 Å². The molecule has 0 spiro atoms. The summed E-state index contributed by atoms with van der Waals surface area (Å²) in [5.74, 6) is 1.38. The SMILES string of the molecule is Cc1cc(N)nc(CN(C)CCN2CCCC2)n1. The lowest BCUT2D eigenvalue weighted by molar-refractivity contribution is 0.248. The zero-order chi connectivity index (χ0) is 13.0. The van der Waals surface area contributed by atoms with Crippen molar-refractivity contribution in [2.75, 3.05) is 39.0 Å². The van der Waals surface area contributed by atoms with E-state index in [2.05, 4.69) is 26.8 Å². The molecule has 1 aliphatic heterocycles. The van der Waals surface area contributed by atoms with Crippen molar-refractivity contribution >= 4 is 5.82 Å². The number of nitrogens with zero attached hydrogens (tertiary/aromatic N) is 4. The number of aryl methyl sites for hydroxylation is 1. The van der Waals surface area contributed by atoms with Crippen LogP contribution >= 0.6 is 0 Å². The first-order chi connectivity index (χ1) is 8.63. The maximum Gasteiger partial charge on any atom is 0.144 e. The van der Waals surface area contributed by atoms with Gasteiger partial charge in [0.05, 0.1) is 6.54 Å². The highest BCUT2D eigenvalue weighted by molar-refractivity contribution is 5.29. The number of anilines is 1. The molecule has 2 heterocycles. The molecular formula is C13H23N5. The normalized spacial score (nSPS) is 16.6. The van der Waals surface area contributed by atoms with Gasteiger partial charge in [-0.3, -0.25) is 4.90 Å². The largest absolute Gasteiger partial charge is 0.384 e. The van der Waals surface area contributed by atoms with Crippen molar-refractivity contribution in [1.82, 2.24) is 19.8 Å². The van der Waals surface area contributed by atoms with E-state index in [1.165, 1.54) is 25.9 Å². The Morgan fingerprint density at radius 3 is 2.72 bits per heavy atom. The molecule has 0 atom stereocenters. The minimum absolute atomic E-state index is 0.561.